The predicted molar refractivity (Wildman–Crippen MR) is 68.4 cm³/mol. The van der Waals surface area contributed by atoms with Gasteiger partial charge in [-0.1, -0.05) is 0 Å². The average Bonchev–Trinajstić information content (AvgIpc) is 2.93. The Balaban J connectivity index is 2.18. The molecule has 3 heterocycles. The number of fused-ring (bicyclic) bond motifs is 1. The predicted octanol–water partition coefficient (Wildman–Crippen LogP) is 2.53. The van der Waals surface area contributed by atoms with Crippen LogP contribution in [0.25, 0.3) is 17.2 Å². The lowest BCUT2D eigenvalue weighted by molar-refractivity contribution is 0.579. The molecule has 0 saturated heterocycles. The third-order valence-corrected chi connectivity index (χ3v) is 2.47. The largest absolute Gasteiger partial charge is 0.463 e. The number of nitrogens with one attached hydrogen (secondary N) is 2. The van der Waals surface area contributed by atoms with Crippen LogP contribution >= 0.6 is 0 Å². The van der Waals surface area contributed by atoms with Crippen molar-refractivity contribution in [3.63, 3.8) is 0 Å². The first-order chi connectivity index (χ1) is 8.54. The fraction of sp³-hybridized carbons (Fsp3) is 0.333. The zero-order valence-corrected chi connectivity index (χ0v) is 10.6. The van der Waals surface area contributed by atoms with E-state index in [4.69, 9.17) is 4.42 Å². The topological polar surface area (TPSA) is 71.2 Å². The molecule has 0 spiro atoms. The SMILES string of the molecule is CC(C)(C)Nc1c(-c2ccco2)nc2nc[nH]n12. The van der Waals surface area contributed by atoms with Crippen molar-refractivity contribution >= 4 is 11.6 Å². The number of anilines is 1. The molecule has 0 radical (unpaired) electrons. The van der Waals surface area contributed by atoms with Crippen LogP contribution in [-0.2, 0) is 0 Å². The third kappa shape index (κ3) is 1.75. The van der Waals surface area contributed by atoms with Crippen LogP contribution in [0.4, 0.5) is 5.82 Å². The van der Waals surface area contributed by atoms with Crippen molar-refractivity contribution in [1.29, 1.82) is 0 Å². The van der Waals surface area contributed by atoms with Crippen LogP contribution in [0.5, 0.6) is 0 Å². The number of furan rings is 1. The Morgan fingerprint density at radius 3 is 2.89 bits per heavy atom. The van der Waals surface area contributed by atoms with E-state index in [1.54, 1.807) is 12.6 Å². The molecule has 0 aliphatic rings. The smallest absolute Gasteiger partial charge is 0.253 e. The Labute approximate surface area is 104 Å². The standard InChI is InChI=1S/C12H15N5O/c1-12(2,3)16-10-9(8-5-4-6-18-8)15-11-13-7-14-17(10)11/h4-7,16H,1-3H3,(H,13,14,15). The van der Waals surface area contributed by atoms with E-state index in [1.165, 1.54) is 0 Å². The summed E-state index contributed by atoms with van der Waals surface area (Å²) in [5, 5.41) is 6.45. The molecule has 3 rings (SSSR count). The molecule has 0 fully saturated rings. The molecule has 0 aromatic carbocycles. The molecule has 0 amide bonds. The van der Waals surface area contributed by atoms with Crippen LogP contribution in [0, 0.1) is 0 Å². The first-order valence-corrected chi connectivity index (χ1v) is 5.78. The molecule has 2 N–H and O–H groups in total. The summed E-state index contributed by atoms with van der Waals surface area (Å²) >= 11 is 0. The number of rotatable bonds is 2. The number of hydrogen-bond acceptors (Lipinski definition) is 4. The zero-order valence-electron chi connectivity index (χ0n) is 10.6. The first-order valence-electron chi connectivity index (χ1n) is 5.78. The zero-order chi connectivity index (χ0) is 12.8. The molecule has 6 nitrogen and oxygen atoms in total. The summed E-state index contributed by atoms with van der Waals surface area (Å²) in [6.45, 7) is 6.28. The maximum atomic E-state index is 5.42. The first kappa shape index (κ1) is 10.9. The summed E-state index contributed by atoms with van der Waals surface area (Å²) in [5.74, 6) is 2.19. The van der Waals surface area contributed by atoms with E-state index in [-0.39, 0.29) is 5.54 Å². The van der Waals surface area contributed by atoms with Crippen LogP contribution in [-0.4, -0.2) is 25.1 Å². The number of hydrogen-bond donors (Lipinski definition) is 2. The summed E-state index contributed by atoms with van der Waals surface area (Å²) in [4.78, 5) is 8.62. The Bertz CT molecular complexity index is 656. The highest BCUT2D eigenvalue weighted by molar-refractivity contribution is 5.72. The van der Waals surface area contributed by atoms with Crippen LogP contribution in [0.2, 0.25) is 0 Å². The second kappa shape index (κ2) is 3.63. The summed E-state index contributed by atoms with van der Waals surface area (Å²) < 4.78 is 7.22. The lowest BCUT2D eigenvalue weighted by Gasteiger charge is -2.21. The maximum absolute atomic E-state index is 5.42. The van der Waals surface area contributed by atoms with Gasteiger partial charge in [0.2, 0.25) is 0 Å². The van der Waals surface area contributed by atoms with Gasteiger partial charge in [0.15, 0.2) is 17.3 Å². The van der Waals surface area contributed by atoms with Crippen molar-refractivity contribution in [1.82, 2.24) is 19.6 Å². The lowest BCUT2D eigenvalue weighted by atomic mass is 10.1. The molecule has 0 saturated carbocycles. The Morgan fingerprint density at radius 2 is 2.22 bits per heavy atom. The van der Waals surface area contributed by atoms with Crippen LogP contribution in [0.3, 0.4) is 0 Å². The van der Waals surface area contributed by atoms with Gasteiger partial charge in [0.1, 0.15) is 6.33 Å². The van der Waals surface area contributed by atoms with Gasteiger partial charge in [0.25, 0.3) is 5.78 Å². The van der Waals surface area contributed by atoms with E-state index >= 15 is 0 Å². The van der Waals surface area contributed by atoms with Crippen LogP contribution in [0.15, 0.2) is 29.1 Å². The van der Waals surface area contributed by atoms with E-state index in [0.29, 0.717) is 5.78 Å². The maximum Gasteiger partial charge on any atom is 0.253 e. The minimum atomic E-state index is -0.0809. The number of aromatic amines is 1. The molecule has 0 unspecified atom stereocenters. The highest BCUT2D eigenvalue weighted by Crippen LogP contribution is 2.29. The summed E-state index contributed by atoms with van der Waals surface area (Å²) in [6.07, 6.45) is 3.25. The van der Waals surface area contributed by atoms with E-state index in [2.05, 4.69) is 41.2 Å². The van der Waals surface area contributed by atoms with Crippen molar-refractivity contribution in [3.05, 3.63) is 24.7 Å². The molecule has 6 heteroatoms. The molecular weight excluding hydrogens is 230 g/mol. The molecule has 0 aliphatic heterocycles. The van der Waals surface area contributed by atoms with Gasteiger partial charge < -0.3 is 9.73 Å². The van der Waals surface area contributed by atoms with Gasteiger partial charge in [-0.05, 0) is 32.9 Å². The van der Waals surface area contributed by atoms with Gasteiger partial charge in [-0.3, -0.25) is 5.10 Å². The fourth-order valence-corrected chi connectivity index (χ4v) is 1.82. The van der Waals surface area contributed by atoms with Crippen molar-refractivity contribution < 1.29 is 4.42 Å². The normalized spacial score (nSPS) is 12.2. The van der Waals surface area contributed by atoms with Gasteiger partial charge in [-0.15, -0.1) is 0 Å². The van der Waals surface area contributed by atoms with Crippen molar-refractivity contribution in [2.75, 3.05) is 5.32 Å². The second-order valence-corrected chi connectivity index (χ2v) is 5.18. The lowest BCUT2D eigenvalue weighted by Crippen LogP contribution is -2.27. The van der Waals surface area contributed by atoms with E-state index < -0.39 is 0 Å². The Kier molecular flexibility index (Phi) is 2.19. The van der Waals surface area contributed by atoms with E-state index in [0.717, 1.165) is 17.3 Å². The van der Waals surface area contributed by atoms with Gasteiger partial charge in [0, 0.05) is 5.54 Å². The van der Waals surface area contributed by atoms with Crippen molar-refractivity contribution in [3.8, 4) is 11.5 Å². The summed E-state index contributed by atoms with van der Waals surface area (Å²) in [7, 11) is 0. The average molecular weight is 245 g/mol. The molecule has 0 bridgehead atoms. The monoisotopic (exact) mass is 245 g/mol. The number of H-pyrrole nitrogens is 1. The van der Waals surface area contributed by atoms with Crippen molar-refractivity contribution in [2.24, 2.45) is 0 Å². The molecule has 3 aromatic heterocycles. The summed E-state index contributed by atoms with van der Waals surface area (Å²) in [5.41, 5.74) is 0.678. The van der Waals surface area contributed by atoms with Crippen molar-refractivity contribution in [2.45, 2.75) is 26.3 Å². The second-order valence-electron chi connectivity index (χ2n) is 5.18. The van der Waals surface area contributed by atoms with Gasteiger partial charge in [-0.2, -0.15) is 0 Å². The van der Waals surface area contributed by atoms with Gasteiger partial charge in [-0.25, -0.2) is 14.5 Å². The molecule has 94 valence electrons. The van der Waals surface area contributed by atoms with E-state index in [1.807, 2.05) is 16.6 Å². The fourth-order valence-electron chi connectivity index (χ4n) is 1.82. The Morgan fingerprint density at radius 1 is 1.39 bits per heavy atom. The van der Waals surface area contributed by atoms with Crippen LogP contribution in [0.1, 0.15) is 20.8 Å². The molecule has 0 aliphatic carbocycles. The number of nitrogens with zero attached hydrogens (tertiary/aromatic N) is 3. The highest BCUT2D eigenvalue weighted by atomic mass is 16.3. The summed E-state index contributed by atoms with van der Waals surface area (Å²) in [6, 6.07) is 3.73. The molecule has 18 heavy (non-hydrogen) atoms. The highest BCUT2D eigenvalue weighted by Gasteiger charge is 2.21. The minimum Gasteiger partial charge on any atom is -0.463 e. The quantitative estimate of drug-likeness (QED) is 0.727. The third-order valence-electron chi connectivity index (χ3n) is 2.47. The number of imidazole rings is 1. The number of aromatic nitrogens is 4. The molecule has 3 aromatic rings. The molecular formula is C12H15N5O. The van der Waals surface area contributed by atoms with Gasteiger partial charge >= 0.3 is 0 Å². The molecule has 0 atom stereocenters. The van der Waals surface area contributed by atoms with E-state index in [9.17, 15) is 0 Å². The Hall–Kier alpha value is -2.24. The van der Waals surface area contributed by atoms with Crippen LogP contribution < -0.4 is 5.32 Å². The minimum absolute atomic E-state index is 0.0809. The van der Waals surface area contributed by atoms with Gasteiger partial charge in [0.05, 0.1) is 6.26 Å².